The Morgan fingerprint density at radius 1 is 1.21 bits per heavy atom. The van der Waals surface area contributed by atoms with Crippen LogP contribution >= 0.6 is 0 Å². The van der Waals surface area contributed by atoms with E-state index in [1.165, 1.54) is 32.1 Å². The number of hydrogen-bond acceptors (Lipinski definition) is 2. The Morgan fingerprint density at radius 2 is 1.95 bits per heavy atom. The predicted molar refractivity (Wildman–Crippen MR) is 77.0 cm³/mol. The van der Waals surface area contributed by atoms with E-state index in [1.54, 1.807) is 11.1 Å². The number of aliphatic hydroxyl groups excluding tert-OH is 1. The molecule has 0 aromatic carbocycles. The molecule has 1 spiro atoms. The molecular weight excluding hydrogens is 236 g/mol. The number of hydrogen-bond donors (Lipinski definition) is 1. The van der Waals surface area contributed by atoms with Gasteiger partial charge >= 0.3 is 0 Å². The molecular formula is C17H28O2. The van der Waals surface area contributed by atoms with Crippen LogP contribution in [-0.2, 0) is 4.74 Å². The number of ether oxygens (including phenoxy) is 1. The lowest BCUT2D eigenvalue weighted by Crippen LogP contribution is -2.45. The van der Waals surface area contributed by atoms with Crippen LogP contribution in [0.2, 0.25) is 0 Å². The van der Waals surface area contributed by atoms with Gasteiger partial charge in [0.15, 0.2) is 0 Å². The first-order valence-electron chi connectivity index (χ1n) is 8.00. The van der Waals surface area contributed by atoms with Crippen LogP contribution in [0.15, 0.2) is 11.1 Å². The largest absolute Gasteiger partial charge is 0.396 e. The van der Waals surface area contributed by atoms with Gasteiger partial charge in [-0.2, -0.15) is 0 Å². The van der Waals surface area contributed by atoms with E-state index < -0.39 is 0 Å². The molecule has 0 amide bonds. The summed E-state index contributed by atoms with van der Waals surface area (Å²) in [5.74, 6) is 1.45. The Hall–Kier alpha value is -0.340. The van der Waals surface area contributed by atoms with Crippen LogP contribution in [-0.4, -0.2) is 22.9 Å². The van der Waals surface area contributed by atoms with Gasteiger partial charge in [0, 0.05) is 6.61 Å². The summed E-state index contributed by atoms with van der Waals surface area (Å²) in [5.41, 5.74) is 3.16. The van der Waals surface area contributed by atoms with E-state index in [-0.39, 0.29) is 11.2 Å². The summed E-state index contributed by atoms with van der Waals surface area (Å²) in [6.07, 6.45) is 8.36. The molecule has 2 aliphatic carbocycles. The Balaban J connectivity index is 1.97. The molecule has 3 rings (SSSR count). The van der Waals surface area contributed by atoms with E-state index in [2.05, 4.69) is 20.8 Å². The summed E-state index contributed by atoms with van der Waals surface area (Å²) in [7, 11) is 0. The SMILES string of the molecule is CC1=C(CCCO)C23CC(CCC2CC1)C(C)(C)O3. The van der Waals surface area contributed by atoms with Gasteiger partial charge in [0.25, 0.3) is 0 Å². The van der Waals surface area contributed by atoms with E-state index in [4.69, 9.17) is 4.74 Å². The van der Waals surface area contributed by atoms with Crippen molar-refractivity contribution in [3.05, 3.63) is 11.1 Å². The first-order chi connectivity index (χ1) is 8.99. The minimum Gasteiger partial charge on any atom is -0.396 e. The van der Waals surface area contributed by atoms with Crippen molar-refractivity contribution in [1.82, 2.24) is 0 Å². The second-order valence-corrected chi connectivity index (χ2v) is 7.40. The number of rotatable bonds is 3. The summed E-state index contributed by atoms with van der Waals surface area (Å²) < 4.78 is 6.70. The molecule has 0 aromatic heterocycles. The summed E-state index contributed by atoms with van der Waals surface area (Å²) >= 11 is 0. The minimum absolute atomic E-state index is 0.0317. The van der Waals surface area contributed by atoms with Gasteiger partial charge in [0.2, 0.25) is 0 Å². The molecule has 2 bridgehead atoms. The molecule has 2 fully saturated rings. The van der Waals surface area contributed by atoms with Crippen LogP contribution in [0.4, 0.5) is 0 Å². The molecule has 1 saturated carbocycles. The van der Waals surface area contributed by atoms with Crippen molar-refractivity contribution in [1.29, 1.82) is 0 Å². The fourth-order valence-corrected chi connectivity index (χ4v) is 4.93. The molecule has 1 heterocycles. The number of allylic oxidation sites excluding steroid dienone is 1. The highest BCUT2D eigenvalue weighted by atomic mass is 16.5. The maximum atomic E-state index is 9.19. The lowest BCUT2D eigenvalue weighted by molar-refractivity contribution is -0.0989. The van der Waals surface area contributed by atoms with Crippen LogP contribution in [0.3, 0.4) is 0 Å². The van der Waals surface area contributed by atoms with Crippen LogP contribution in [0.5, 0.6) is 0 Å². The zero-order valence-corrected chi connectivity index (χ0v) is 12.7. The average Bonchev–Trinajstić information content (AvgIpc) is 2.56. The Morgan fingerprint density at radius 3 is 2.68 bits per heavy atom. The molecule has 0 aromatic rings. The normalized spacial score (nSPS) is 40.4. The highest BCUT2D eigenvalue weighted by Gasteiger charge is 2.59. The lowest BCUT2D eigenvalue weighted by Gasteiger charge is -2.46. The zero-order chi connectivity index (χ0) is 13.7. The third-order valence-electron chi connectivity index (χ3n) is 5.98. The van der Waals surface area contributed by atoms with Gasteiger partial charge in [0.1, 0.15) is 0 Å². The van der Waals surface area contributed by atoms with E-state index in [9.17, 15) is 5.11 Å². The van der Waals surface area contributed by atoms with E-state index in [0.717, 1.165) is 24.7 Å². The van der Waals surface area contributed by atoms with Crippen molar-refractivity contribution in [2.45, 2.75) is 76.9 Å². The van der Waals surface area contributed by atoms with Gasteiger partial charge in [-0.1, -0.05) is 5.57 Å². The molecule has 0 radical (unpaired) electrons. The molecule has 3 aliphatic rings. The number of aliphatic hydroxyl groups is 1. The van der Waals surface area contributed by atoms with Crippen LogP contribution in [0.25, 0.3) is 0 Å². The molecule has 3 unspecified atom stereocenters. The van der Waals surface area contributed by atoms with E-state index in [1.807, 2.05) is 0 Å². The Kier molecular flexibility index (Phi) is 3.30. The van der Waals surface area contributed by atoms with E-state index >= 15 is 0 Å². The standard InChI is InChI=1S/C17H28O2/c1-12-6-7-13-8-9-14-11-17(13,19-16(14,2)3)15(12)5-4-10-18/h13-14,18H,4-11H2,1-3H3. The molecule has 3 atom stereocenters. The molecule has 1 N–H and O–H groups in total. The second kappa shape index (κ2) is 4.60. The summed E-state index contributed by atoms with van der Waals surface area (Å²) in [4.78, 5) is 0. The maximum absolute atomic E-state index is 9.19. The second-order valence-electron chi connectivity index (χ2n) is 7.40. The van der Waals surface area contributed by atoms with Gasteiger partial charge < -0.3 is 9.84 Å². The molecule has 19 heavy (non-hydrogen) atoms. The third-order valence-corrected chi connectivity index (χ3v) is 5.98. The highest BCUT2D eigenvalue weighted by molar-refractivity contribution is 5.32. The molecule has 108 valence electrons. The molecule has 2 nitrogen and oxygen atoms in total. The Bertz CT molecular complexity index is 396. The van der Waals surface area contributed by atoms with Crippen molar-refractivity contribution >= 4 is 0 Å². The van der Waals surface area contributed by atoms with Crippen molar-refractivity contribution in [2.75, 3.05) is 6.61 Å². The van der Waals surface area contributed by atoms with Gasteiger partial charge in [-0.3, -0.25) is 0 Å². The quantitative estimate of drug-likeness (QED) is 0.785. The van der Waals surface area contributed by atoms with Crippen molar-refractivity contribution < 1.29 is 9.84 Å². The van der Waals surface area contributed by atoms with Gasteiger partial charge in [-0.25, -0.2) is 0 Å². The zero-order valence-electron chi connectivity index (χ0n) is 12.7. The average molecular weight is 264 g/mol. The van der Waals surface area contributed by atoms with Crippen molar-refractivity contribution in [3.63, 3.8) is 0 Å². The molecule has 1 aliphatic heterocycles. The monoisotopic (exact) mass is 264 g/mol. The summed E-state index contributed by atoms with van der Waals surface area (Å²) in [6.45, 7) is 7.14. The van der Waals surface area contributed by atoms with Crippen molar-refractivity contribution in [3.8, 4) is 0 Å². The molecule has 2 heteroatoms. The minimum atomic E-state index is 0.0317. The fourth-order valence-electron chi connectivity index (χ4n) is 4.93. The first kappa shape index (κ1) is 13.6. The summed E-state index contributed by atoms with van der Waals surface area (Å²) in [5, 5.41) is 9.19. The fraction of sp³-hybridized carbons (Fsp3) is 0.882. The van der Waals surface area contributed by atoms with Crippen LogP contribution in [0, 0.1) is 11.8 Å². The van der Waals surface area contributed by atoms with Gasteiger partial charge in [-0.05, 0) is 83.1 Å². The van der Waals surface area contributed by atoms with Crippen LogP contribution < -0.4 is 0 Å². The van der Waals surface area contributed by atoms with E-state index in [0.29, 0.717) is 6.61 Å². The van der Waals surface area contributed by atoms with Gasteiger partial charge in [-0.15, -0.1) is 0 Å². The lowest BCUT2D eigenvalue weighted by atomic mass is 9.62. The van der Waals surface area contributed by atoms with Crippen LogP contribution in [0.1, 0.15) is 65.7 Å². The molecule has 1 saturated heterocycles. The van der Waals surface area contributed by atoms with Crippen molar-refractivity contribution in [2.24, 2.45) is 11.8 Å². The smallest absolute Gasteiger partial charge is 0.0933 e. The first-order valence-corrected chi connectivity index (χ1v) is 8.00. The Labute approximate surface area is 117 Å². The number of fused-ring (bicyclic) bond motifs is 1. The topological polar surface area (TPSA) is 29.5 Å². The summed E-state index contributed by atoms with van der Waals surface area (Å²) in [6, 6.07) is 0. The predicted octanol–water partition coefficient (Wildman–Crippen LogP) is 3.83. The highest BCUT2D eigenvalue weighted by Crippen LogP contribution is 2.60. The van der Waals surface area contributed by atoms with Gasteiger partial charge in [0.05, 0.1) is 11.2 Å². The third kappa shape index (κ3) is 1.99. The maximum Gasteiger partial charge on any atom is 0.0933 e.